The average Bonchev–Trinajstić information content (AvgIpc) is 3.35. The van der Waals surface area contributed by atoms with Crippen LogP contribution < -0.4 is 20.5 Å². The van der Waals surface area contributed by atoms with E-state index in [9.17, 15) is 4.79 Å². The highest BCUT2D eigenvalue weighted by molar-refractivity contribution is 5.98. The third-order valence-electron chi connectivity index (χ3n) is 3.46. The highest BCUT2D eigenvalue weighted by Crippen LogP contribution is 2.33. The van der Waals surface area contributed by atoms with E-state index in [-0.39, 0.29) is 17.7 Å². The van der Waals surface area contributed by atoms with Gasteiger partial charge in [0.25, 0.3) is 5.91 Å². The minimum atomic E-state index is -0.449. The number of nitrogens with one attached hydrogen (secondary N) is 1. The van der Waals surface area contributed by atoms with Crippen molar-refractivity contribution in [3.05, 3.63) is 23.8 Å². The lowest BCUT2D eigenvalue weighted by molar-refractivity contribution is 0.0942. The summed E-state index contributed by atoms with van der Waals surface area (Å²) in [5.74, 6) is 0.955. The Labute approximate surface area is 122 Å². The van der Waals surface area contributed by atoms with Gasteiger partial charge in [-0.2, -0.15) is 0 Å². The van der Waals surface area contributed by atoms with E-state index in [4.69, 9.17) is 20.4 Å². The van der Waals surface area contributed by atoms with Crippen molar-refractivity contribution in [1.82, 2.24) is 5.32 Å². The van der Waals surface area contributed by atoms with E-state index in [1.165, 1.54) is 14.2 Å². The summed E-state index contributed by atoms with van der Waals surface area (Å²) in [5.41, 5.74) is 6.05. The van der Waals surface area contributed by atoms with Gasteiger partial charge < -0.3 is 25.7 Å². The molecule has 0 aliphatic heterocycles. The van der Waals surface area contributed by atoms with Crippen molar-refractivity contribution in [3.8, 4) is 11.5 Å². The Morgan fingerprint density at radius 1 is 1.38 bits per heavy atom. The summed E-state index contributed by atoms with van der Waals surface area (Å²) in [6.45, 7) is 0. The molecule has 1 aliphatic carbocycles. The number of hydrogen-bond donors (Lipinski definition) is 3. The van der Waals surface area contributed by atoms with Gasteiger partial charge in [0, 0.05) is 5.56 Å². The second-order valence-corrected chi connectivity index (χ2v) is 4.88. The Balaban J connectivity index is 2.15. The Hall–Kier alpha value is -2.44. The lowest BCUT2D eigenvalue weighted by Crippen LogP contribution is -2.46. The van der Waals surface area contributed by atoms with Gasteiger partial charge in [0.2, 0.25) is 0 Å². The molecule has 1 aromatic rings. The van der Waals surface area contributed by atoms with Gasteiger partial charge in [0.15, 0.2) is 17.3 Å². The van der Waals surface area contributed by atoms with Crippen LogP contribution in [0.3, 0.4) is 0 Å². The standard InChI is InChI=1S/C14H19N3O4/c1-20-10-6-5-9(7-11(10)21-2)14(18)16-12(8-3-4-8)13(15)17-19/h5-8,12,19H,3-4H2,1-2H3,(H2,15,17)(H,16,18). The quantitative estimate of drug-likeness (QED) is 0.313. The molecule has 7 heteroatoms. The van der Waals surface area contributed by atoms with E-state index in [1.807, 2.05) is 0 Å². The first-order chi connectivity index (χ1) is 10.1. The zero-order valence-corrected chi connectivity index (χ0v) is 12.0. The van der Waals surface area contributed by atoms with Gasteiger partial charge in [-0.25, -0.2) is 0 Å². The molecule has 114 valence electrons. The van der Waals surface area contributed by atoms with Crippen molar-refractivity contribution < 1.29 is 19.5 Å². The van der Waals surface area contributed by atoms with Gasteiger partial charge >= 0.3 is 0 Å². The number of carbonyl (C=O) groups excluding carboxylic acids is 1. The molecule has 1 aromatic carbocycles. The van der Waals surface area contributed by atoms with E-state index in [2.05, 4.69) is 10.5 Å². The molecule has 4 N–H and O–H groups in total. The largest absolute Gasteiger partial charge is 0.493 e. The summed E-state index contributed by atoms with van der Waals surface area (Å²) in [6, 6.07) is 4.43. The lowest BCUT2D eigenvalue weighted by Gasteiger charge is -2.17. The number of rotatable bonds is 6. The molecule has 1 atom stereocenters. The van der Waals surface area contributed by atoms with E-state index in [0.29, 0.717) is 17.1 Å². The molecule has 0 saturated heterocycles. The van der Waals surface area contributed by atoms with Gasteiger partial charge in [0.05, 0.1) is 20.3 Å². The number of amidine groups is 1. The van der Waals surface area contributed by atoms with E-state index in [1.54, 1.807) is 18.2 Å². The molecule has 1 unspecified atom stereocenters. The topological polar surface area (TPSA) is 106 Å². The van der Waals surface area contributed by atoms with Crippen LogP contribution in [0.4, 0.5) is 0 Å². The maximum atomic E-state index is 12.3. The Kier molecular flexibility index (Phi) is 4.52. The molecule has 0 aromatic heterocycles. The van der Waals surface area contributed by atoms with Crippen LogP contribution in [0.2, 0.25) is 0 Å². The number of hydrogen-bond acceptors (Lipinski definition) is 5. The molecular weight excluding hydrogens is 274 g/mol. The first kappa shape index (κ1) is 15.0. The molecule has 1 aliphatic rings. The molecule has 0 spiro atoms. The number of amides is 1. The highest BCUT2D eigenvalue weighted by atomic mass is 16.5. The normalized spacial score (nSPS) is 16.2. The van der Waals surface area contributed by atoms with Crippen LogP contribution >= 0.6 is 0 Å². The minimum Gasteiger partial charge on any atom is -0.493 e. The van der Waals surface area contributed by atoms with E-state index < -0.39 is 6.04 Å². The maximum Gasteiger partial charge on any atom is 0.252 e. The fourth-order valence-electron chi connectivity index (χ4n) is 2.13. The number of ether oxygens (including phenoxy) is 2. The monoisotopic (exact) mass is 293 g/mol. The number of benzene rings is 1. The molecule has 0 radical (unpaired) electrons. The Bertz CT molecular complexity index is 555. The molecule has 0 bridgehead atoms. The van der Waals surface area contributed by atoms with Gasteiger partial charge in [0.1, 0.15) is 0 Å². The SMILES string of the molecule is COc1ccc(C(=O)NC(C(N)=NO)C2CC2)cc1OC. The highest BCUT2D eigenvalue weighted by Gasteiger charge is 2.35. The first-order valence-corrected chi connectivity index (χ1v) is 6.61. The van der Waals surface area contributed by atoms with Crippen LogP contribution in [0, 0.1) is 5.92 Å². The van der Waals surface area contributed by atoms with Crippen molar-refractivity contribution >= 4 is 11.7 Å². The molecular formula is C14H19N3O4. The molecule has 21 heavy (non-hydrogen) atoms. The van der Waals surface area contributed by atoms with Crippen molar-refractivity contribution in [1.29, 1.82) is 0 Å². The number of nitrogens with zero attached hydrogens (tertiary/aromatic N) is 1. The third kappa shape index (κ3) is 3.36. The number of oxime groups is 1. The second-order valence-electron chi connectivity index (χ2n) is 4.88. The number of carbonyl (C=O) groups is 1. The second kappa shape index (κ2) is 6.34. The smallest absolute Gasteiger partial charge is 0.252 e. The van der Waals surface area contributed by atoms with E-state index in [0.717, 1.165) is 12.8 Å². The van der Waals surface area contributed by atoms with Crippen LogP contribution in [-0.4, -0.2) is 37.2 Å². The summed E-state index contributed by atoms with van der Waals surface area (Å²) >= 11 is 0. The van der Waals surface area contributed by atoms with E-state index >= 15 is 0 Å². The predicted octanol–water partition coefficient (Wildman–Crippen LogP) is 0.959. The summed E-state index contributed by atoms with van der Waals surface area (Å²) in [5, 5.41) is 14.6. The molecule has 2 rings (SSSR count). The van der Waals surface area contributed by atoms with Crippen molar-refractivity contribution in [2.75, 3.05) is 14.2 Å². The zero-order chi connectivity index (χ0) is 15.4. The Morgan fingerprint density at radius 2 is 2.05 bits per heavy atom. The van der Waals surface area contributed by atoms with Crippen LogP contribution in [0.1, 0.15) is 23.2 Å². The molecule has 1 amide bonds. The zero-order valence-electron chi connectivity index (χ0n) is 12.0. The fourth-order valence-corrected chi connectivity index (χ4v) is 2.13. The Morgan fingerprint density at radius 3 is 2.57 bits per heavy atom. The predicted molar refractivity (Wildman–Crippen MR) is 76.9 cm³/mol. The summed E-state index contributed by atoms with van der Waals surface area (Å²) in [6.07, 6.45) is 1.90. The number of methoxy groups -OCH3 is 2. The molecule has 1 fully saturated rings. The number of nitrogens with two attached hydrogens (primary N) is 1. The van der Waals surface area contributed by atoms with Gasteiger partial charge in [-0.05, 0) is 37.0 Å². The first-order valence-electron chi connectivity index (χ1n) is 6.61. The third-order valence-corrected chi connectivity index (χ3v) is 3.46. The minimum absolute atomic E-state index is 0.0197. The van der Waals surface area contributed by atoms with Crippen molar-refractivity contribution in [3.63, 3.8) is 0 Å². The lowest BCUT2D eigenvalue weighted by atomic mass is 10.1. The summed E-state index contributed by atoms with van der Waals surface area (Å²) in [7, 11) is 3.03. The van der Waals surface area contributed by atoms with Gasteiger partial charge in [-0.3, -0.25) is 4.79 Å². The van der Waals surface area contributed by atoms with Crippen LogP contribution in [0.15, 0.2) is 23.4 Å². The average molecular weight is 293 g/mol. The molecule has 7 nitrogen and oxygen atoms in total. The van der Waals surface area contributed by atoms with Crippen LogP contribution in [-0.2, 0) is 0 Å². The van der Waals surface area contributed by atoms with Crippen LogP contribution in [0.5, 0.6) is 11.5 Å². The van der Waals surface area contributed by atoms with Crippen molar-refractivity contribution in [2.45, 2.75) is 18.9 Å². The maximum absolute atomic E-state index is 12.3. The van der Waals surface area contributed by atoms with Gasteiger partial charge in [-0.15, -0.1) is 0 Å². The summed E-state index contributed by atoms with van der Waals surface area (Å²) < 4.78 is 10.3. The summed E-state index contributed by atoms with van der Waals surface area (Å²) in [4.78, 5) is 12.3. The van der Waals surface area contributed by atoms with Crippen LogP contribution in [0.25, 0.3) is 0 Å². The van der Waals surface area contributed by atoms with Gasteiger partial charge in [-0.1, -0.05) is 5.16 Å². The van der Waals surface area contributed by atoms with Crippen molar-refractivity contribution in [2.24, 2.45) is 16.8 Å². The molecule has 0 heterocycles. The fraction of sp³-hybridized carbons (Fsp3) is 0.429. The molecule has 1 saturated carbocycles.